The van der Waals surface area contributed by atoms with Crippen molar-refractivity contribution >= 4 is 23.3 Å². The predicted molar refractivity (Wildman–Crippen MR) is 65.9 cm³/mol. The van der Waals surface area contributed by atoms with Gasteiger partial charge in [-0.25, -0.2) is 4.79 Å². The van der Waals surface area contributed by atoms with Crippen molar-refractivity contribution in [3.8, 4) is 0 Å². The fourth-order valence-corrected chi connectivity index (χ4v) is 2.02. The molecule has 1 amide bonds. The van der Waals surface area contributed by atoms with Crippen LogP contribution in [-0.2, 0) is 4.79 Å². The molecule has 1 unspecified atom stereocenters. The van der Waals surface area contributed by atoms with Crippen LogP contribution < -0.4 is 10.2 Å². The number of β-amino-alcohol motifs (C(OH)–C–C–N with tert-alkyl or cyclic N) is 1. The molecule has 2 rings (SSSR count). The second kappa shape index (κ2) is 4.66. The number of aromatic carboxylic acids is 1. The monoisotopic (exact) mass is 250 g/mol. The van der Waals surface area contributed by atoms with Crippen LogP contribution in [0.3, 0.4) is 0 Å². The molecule has 6 heteroatoms. The smallest absolute Gasteiger partial charge is 0.335 e. The zero-order valence-electron chi connectivity index (χ0n) is 9.88. The highest BCUT2D eigenvalue weighted by Crippen LogP contribution is 2.30. The number of carbonyl (C=O) groups excluding carboxylic acids is 1. The fraction of sp³-hybridized carbons (Fsp3) is 0.333. The summed E-state index contributed by atoms with van der Waals surface area (Å²) in [6.45, 7) is 0.191. The molecule has 1 aromatic carbocycles. The molecule has 1 aliphatic heterocycles. The van der Waals surface area contributed by atoms with Crippen LogP contribution in [0.25, 0.3) is 0 Å². The molecule has 0 bridgehead atoms. The van der Waals surface area contributed by atoms with Gasteiger partial charge in [0.15, 0.2) is 0 Å². The number of carboxylic acid groups (broad SMARTS) is 1. The minimum absolute atomic E-state index is 0.0699. The third kappa shape index (κ3) is 2.14. The van der Waals surface area contributed by atoms with Crippen LogP contribution in [0.5, 0.6) is 0 Å². The summed E-state index contributed by atoms with van der Waals surface area (Å²) in [5, 5.41) is 21.3. The molecule has 1 heterocycles. The van der Waals surface area contributed by atoms with Crippen molar-refractivity contribution in [2.45, 2.75) is 12.5 Å². The number of aliphatic hydroxyl groups excluding tert-OH is 1. The first kappa shape index (κ1) is 12.4. The molecule has 0 radical (unpaired) electrons. The highest BCUT2D eigenvalue weighted by atomic mass is 16.4. The molecule has 6 nitrogen and oxygen atoms in total. The first-order chi connectivity index (χ1) is 8.52. The van der Waals surface area contributed by atoms with E-state index in [-0.39, 0.29) is 24.4 Å². The highest BCUT2D eigenvalue weighted by Gasteiger charge is 2.30. The van der Waals surface area contributed by atoms with Crippen molar-refractivity contribution in [2.24, 2.45) is 0 Å². The van der Waals surface area contributed by atoms with Gasteiger partial charge in [-0.2, -0.15) is 0 Å². The van der Waals surface area contributed by atoms with E-state index in [1.54, 1.807) is 13.1 Å². The molecule has 0 saturated carbocycles. The van der Waals surface area contributed by atoms with Crippen molar-refractivity contribution in [3.63, 3.8) is 0 Å². The Morgan fingerprint density at radius 2 is 2.22 bits per heavy atom. The Labute approximate surface area is 104 Å². The second-order valence-corrected chi connectivity index (χ2v) is 4.15. The molecule has 0 aliphatic carbocycles. The predicted octanol–water partition coefficient (Wildman–Crippen LogP) is 0.524. The van der Waals surface area contributed by atoms with Crippen LogP contribution in [-0.4, -0.2) is 41.8 Å². The molecule has 0 spiro atoms. The Morgan fingerprint density at radius 3 is 2.72 bits per heavy atom. The average Bonchev–Trinajstić information content (AvgIpc) is 2.67. The maximum atomic E-state index is 11.7. The number of carboxylic acids is 1. The van der Waals surface area contributed by atoms with Gasteiger partial charge in [0.05, 0.1) is 36.0 Å². The van der Waals surface area contributed by atoms with Crippen molar-refractivity contribution in [2.75, 3.05) is 23.8 Å². The van der Waals surface area contributed by atoms with E-state index in [0.717, 1.165) is 0 Å². The first-order valence-electron chi connectivity index (χ1n) is 5.56. The zero-order valence-corrected chi connectivity index (χ0v) is 9.88. The second-order valence-electron chi connectivity index (χ2n) is 4.15. The normalized spacial score (nSPS) is 19.1. The summed E-state index contributed by atoms with van der Waals surface area (Å²) in [5.41, 5.74) is 1.25. The molecule has 3 N–H and O–H groups in total. The minimum atomic E-state index is -1.05. The Kier molecular flexibility index (Phi) is 3.20. The summed E-state index contributed by atoms with van der Waals surface area (Å²) in [6.07, 6.45) is -0.629. The van der Waals surface area contributed by atoms with E-state index in [1.807, 2.05) is 0 Å². The number of benzene rings is 1. The van der Waals surface area contributed by atoms with Gasteiger partial charge in [0.25, 0.3) is 0 Å². The molecular formula is C12H14N2O4. The maximum absolute atomic E-state index is 11.7. The zero-order chi connectivity index (χ0) is 13.3. The van der Waals surface area contributed by atoms with Gasteiger partial charge in [0.2, 0.25) is 5.91 Å². The molecule has 1 aromatic rings. The summed E-state index contributed by atoms with van der Waals surface area (Å²) in [5.74, 6) is -1.26. The van der Waals surface area contributed by atoms with E-state index in [1.165, 1.54) is 17.0 Å². The lowest BCUT2D eigenvalue weighted by atomic mass is 10.1. The van der Waals surface area contributed by atoms with Gasteiger partial charge < -0.3 is 20.4 Å². The maximum Gasteiger partial charge on any atom is 0.335 e. The number of aliphatic hydroxyl groups is 1. The van der Waals surface area contributed by atoms with Crippen molar-refractivity contribution in [1.82, 2.24) is 0 Å². The molecule has 18 heavy (non-hydrogen) atoms. The molecule has 1 saturated heterocycles. The largest absolute Gasteiger partial charge is 0.478 e. The van der Waals surface area contributed by atoms with Crippen LogP contribution in [0.1, 0.15) is 16.8 Å². The number of anilines is 2. The van der Waals surface area contributed by atoms with Gasteiger partial charge in [-0.3, -0.25) is 4.79 Å². The highest BCUT2D eigenvalue weighted by molar-refractivity contribution is 6.01. The van der Waals surface area contributed by atoms with Crippen LogP contribution >= 0.6 is 0 Å². The van der Waals surface area contributed by atoms with Crippen molar-refractivity contribution in [1.29, 1.82) is 0 Å². The lowest BCUT2D eigenvalue weighted by Crippen LogP contribution is -2.26. The van der Waals surface area contributed by atoms with E-state index < -0.39 is 12.1 Å². The molecule has 1 fully saturated rings. The number of carbonyl (C=O) groups is 2. The summed E-state index contributed by atoms with van der Waals surface area (Å²) >= 11 is 0. The summed E-state index contributed by atoms with van der Waals surface area (Å²) < 4.78 is 0. The van der Waals surface area contributed by atoms with Crippen LogP contribution in [0.2, 0.25) is 0 Å². The Balaban J connectivity index is 2.44. The van der Waals surface area contributed by atoms with Gasteiger partial charge >= 0.3 is 5.97 Å². The van der Waals surface area contributed by atoms with Gasteiger partial charge in [-0.15, -0.1) is 0 Å². The number of hydrogen-bond acceptors (Lipinski definition) is 4. The standard InChI is InChI=1S/C12H14N2O4/c1-13-9-3-2-7(12(17)18)4-10(9)14-6-8(15)5-11(14)16/h2-4,8,13,15H,5-6H2,1H3,(H,17,18). The lowest BCUT2D eigenvalue weighted by molar-refractivity contribution is -0.117. The number of rotatable bonds is 3. The third-order valence-corrected chi connectivity index (χ3v) is 2.91. The summed E-state index contributed by atoms with van der Waals surface area (Å²) in [6, 6.07) is 4.51. The topological polar surface area (TPSA) is 89.9 Å². The van der Waals surface area contributed by atoms with Gasteiger partial charge in [-0.05, 0) is 18.2 Å². The number of hydrogen-bond donors (Lipinski definition) is 3. The quantitative estimate of drug-likeness (QED) is 0.727. The molecule has 1 atom stereocenters. The summed E-state index contributed by atoms with van der Waals surface area (Å²) in [4.78, 5) is 24.1. The first-order valence-corrected chi connectivity index (χ1v) is 5.56. The molecular weight excluding hydrogens is 236 g/mol. The van der Waals surface area contributed by atoms with E-state index in [4.69, 9.17) is 5.11 Å². The molecule has 0 aromatic heterocycles. The fourth-order valence-electron chi connectivity index (χ4n) is 2.02. The van der Waals surface area contributed by atoms with E-state index in [0.29, 0.717) is 11.4 Å². The minimum Gasteiger partial charge on any atom is -0.478 e. The molecule has 1 aliphatic rings. The van der Waals surface area contributed by atoms with E-state index in [9.17, 15) is 14.7 Å². The number of nitrogens with one attached hydrogen (secondary N) is 1. The lowest BCUT2D eigenvalue weighted by Gasteiger charge is -2.20. The number of nitrogens with zero attached hydrogens (tertiary/aromatic N) is 1. The van der Waals surface area contributed by atoms with Crippen molar-refractivity contribution in [3.05, 3.63) is 23.8 Å². The molecule has 96 valence electrons. The number of amides is 1. The van der Waals surface area contributed by atoms with Gasteiger partial charge in [0, 0.05) is 7.05 Å². The van der Waals surface area contributed by atoms with Gasteiger partial charge in [0.1, 0.15) is 0 Å². The third-order valence-electron chi connectivity index (χ3n) is 2.91. The van der Waals surface area contributed by atoms with E-state index >= 15 is 0 Å². The van der Waals surface area contributed by atoms with Crippen molar-refractivity contribution < 1.29 is 19.8 Å². The SMILES string of the molecule is CNc1ccc(C(=O)O)cc1N1CC(O)CC1=O. The Morgan fingerprint density at radius 1 is 1.50 bits per heavy atom. The Hall–Kier alpha value is -2.08. The van der Waals surface area contributed by atoms with Crippen LogP contribution in [0, 0.1) is 0 Å². The Bertz CT molecular complexity index is 501. The summed E-state index contributed by atoms with van der Waals surface area (Å²) in [7, 11) is 1.69. The van der Waals surface area contributed by atoms with Gasteiger partial charge in [-0.1, -0.05) is 0 Å². The van der Waals surface area contributed by atoms with Crippen LogP contribution in [0.15, 0.2) is 18.2 Å². The van der Waals surface area contributed by atoms with Crippen LogP contribution in [0.4, 0.5) is 11.4 Å². The average molecular weight is 250 g/mol. The van der Waals surface area contributed by atoms with E-state index in [2.05, 4.69) is 5.32 Å².